The predicted molar refractivity (Wildman–Crippen MR) is 115 cm³/mol. The van der Waals surface area contributed by atoms with Crippen molar-refractivity contribution in [1.29, 1.82) is 0 Å². The van der Waals surface area contributed by atoms with E-state index in [1.54, 1.807) is 0 Å². The molecule has 0 bridgehead atoms. The molecule has 2 aliphatic rings. The zero-order chi connectivity index (χ0) is 18.4. The smallest absolute Gasteiger partial charge is 0.326 e. The number of aliphatic carboxylic acids is 1. The number of hydrogen-bond acceptors (Lipinski definition) is 4. The van der Waals surface area contributed by atoms with Gasteiger partial charge < -0.3 is 21.5 Å². The molecule has 2 saturated heterocycles. The number of hydrogen-bond donors (Lipinski definition) is 4. The molecular formula is C10H15I5N3O5-. The van der Waals surface area contributed by atoms with Crippen LogP contribution in [-0.4, -0.2) is 40.9 Å². The van der Waals surface area contributed by atoms with Crippen LogP contribution in [-0.2, 0) is 19.2 Å². The average Bonchev–Trinajstić information content (AvgIpc) is 3.11. The summed E-state index contributed by atoms with van der Waals surface area (Å²) in [5, 5.41) is 13.1. The molecule has 136 valence electrons. The molecule has 0 aromatic rings. The van der Waals surface area contributed by atoms with E-state index in [-0.39, 0.29) is 11.8 Å². The summed E-state index contributed by atoms with van der Waals surface area (Å²) in [6, 6.07) is -1.06. The molecule has 2 fully saturated rings. The van der Waals surface area contributed by atoms with Gasteiger partial charge in [0.25, 0.3) is 0 Å². The minimum absolute atomic E-state index is 0.0844. The van der Waals surface area contributed by atoms with E-state index < -0.39 is 24.0 Å². The molecule has 3 amide bonds. The fraction of sp³-hybridized carbons (Fsp3) is 0.600. The normalized spacial score (nSPS) is 21.4. The molecule has 2 heterocycles. The fourth-order valence-corrected chi connectivity index (χ4v) is 1.63. The minimum Gasteiger partial charge on any atom is -0.480 e. The van der Waals surface area contributed by atoms with Gasteiger partial charge in [-0.05, 0) is 12.8 Å². The van der Waals surface area contributed by atoms with Gasteiger partial charge in [-0.2, -0.15) is 0 Å². The first-order valence-corrected chi connectivity index (χ1v) is 24.8. The molecule has 2 atom stereocenters. The summed E-state index contributed by atoms with van der Waals surface area (Å²) in [6.07, 6.45) is 1.74. The Morgan fingerprint density at radius 3 is 1.52 bits per heavy atom. The van der Waals surface area contributed by atoms with E-state index >= 15 is 0 Å². The van der Waals surface area contributed by atoms with Crippen molar-refractivity contribution in [2.75, 3.05) is 0 Å². The Morgan fingerprint density at radius 1 is 1.04 bits per heavy atom. The third kappa shape index (κ3) is 14.4. The van der Waals surface area contributed by atoms with Crippen LogP contribution >= 0.6 is 74.5 Å². The number of amides is 3. The molecule has 0 unspecified atom stereocenters. The van der Waals surface area contributed by atoms with Crippen molar-refractivity contribution in [3.05, 3.63) is 0 Å². The maximum absolute atomic E-state index is 10.4. The van der Waals surface area contributed by atoms with E-state index in [0.717, 1.165) is 0 Å². The molecule has 2 aliphatic heterocycles. The molecule has 23 heavy (non-hydrogen) atoms. The van der Waals surface area contributed by atoms with Gasteiger partial charge in [0.1, 0.15) is 12.1 Å². The van der Waals surface area contributed by atoms with E-state index in [4.69, 9.17) is 10.8 Å². The zero-order valence-electron chi connectivity index (χ0n) is 11.5. The van der Waals surface area contributed by atoms with Gasteiger partial charge >= 0.3 is 56.5 Å². The van der Waals surface area contributed by atoms with Crippen LogP contribution in [0.4, 0.5) is 0 Å². The van der Waals surface area contributed by atoms with Crippen molar-refractivity contribution >= 4 is 98.2 Å². The van der Waals surface area contributed by atoms with Crippen LogP contribution in [0.1, 0.15) is 25.7 Å². The Hall–Kier alpha value is 1.53. The summed E-state index contributed by atoms with van der Waals surface area (Å²) in [7, 11) is 0. The number of nitrogens with one attached hydrogen (secondary N) is 2. The van der Waals surface area contributed by atoms with Gasteiger partial charge in [-0.3, -0.25) is 14.4 Å². The Morgan fingerprint density at radius 2 is 1.39 bits per heavy atom. The monoisotopic (exact) mass is 892 g/mol. The second-order valence-electron chi connectivity index (χ2n) is 4.11. The first kappa shape index (κ1) is 26.8. The molecule has 0 radical (unpaired) electrons. The summed E-state index contributed by atoms with van der Waals surface area (Å²) >= 11 is 9.54. The number of nitrogens with two attached hydrogens (primary N) is 1. The van der Waals surface area contributed by atoms with E-state index in [1.165, 1.54) is 0 Å². The minimum atomic E-state index is -0.944. The first-order valence-electron chi connectivity index (χ1n) is 5.94. The maximum atomic E-state index is 10.4. The van der Waals surface area contributed by atoms with Gasteiger partial charge in [-0.15, -0.1) is 0 Å². The standard InChI is InChI=1S/C5H8N2O2.C5H7NO3.I3.I2/c6-5(9)3-1-2-4(8)7-3;7-4-2-1-3(6-4)5(8)9;1-3-2;1-2/h3H,1-2H2,(H2,6,9)(H,7,8);3H,1-2H2,(H,6,7)(H,8,9);;/q;;-1;/t2*3-;;/m00../s1. The zero-order valence-corrected chi connectivity index (χ0v) is 22.3. The maximum Gasteiger partial charge on any atom is 0.326 e. The number of primary amides is 1. The average molecular weight is 892 g/mol. The summed E-state index contributed by atoms with van der Waals surface area (Å²) in [5.41, 5.74) is 4.91. The predicted octanol–water partition coefficient (Wildman–Crippen LogP) is -1.35. The number of carboxylic acids is 1. The largest absolute Gasteiger partial charge is 0.480 e. The van der Waals surface area contributed by atoms with Gasteiger partial charge in [0, 0.05) is 50.1 Å². The third-order valence-electron chi connectivity index (χ3n) is 2.63. The van der Waals surface area contributed by atoms with Crippen molar-refractivity contribution in [2.24, 2.45) is 5.73 Å². The summed E-state index contributed by atoms with van der Waals surface area (Å²) < 4.78 is 0. The molecule has 13 heteroatoms. The Labute approximate surface area is 186 Å². The number of carbonyl (C=O) groups is 4. The number of rotatable bonds is 2. The summed E-state index contributed by atoms with van der Waals surface area (Å²) in [4.78, 5) is 41.3. The summed E-state index contributed by atoms with van der Waals surface area (Å²) in [6.45, 7) is 0. The topological polar surface area (TPSA) is 139 Å². The van der Waals surface area contributed by atoms with Crippen molar-refractivity contribution in [3.8, 4) is 0 Å². The van der Waals surface area contributed by atoms with Gasteiger partial charge in [0.05, 0.1) is 0 Å². The number of carboxylic acid groups (broad SMARTS) is 1. The van der Waals surface area contributed by atoms with Crippen LogP contribution in [0.25, 0.3) is 0 Å². The molecule has 0 spiro atoms. The fourth-order valence-electron chi connectivity index (χ4n) is 1.63. The molecule has 5 N–H and O–H groups in total. The molecule has 0 saturated carbocycles. The van der Waals surface area contributed by atoms with Crippen LogP contribution in [0, 0.1) is 0 Å². The van der Waals surface area contributed by atoms with E-state index in [2.05, 4.69) is 85.1 Å². The van der Waals surface area contributed by atoms with Crippen molar-refractivity contribution in [2.45, 2.75) is 37.8 Å². The van der Waals surface area contributed by atoms with Crippen LogP contribution in [0.5, 0.6) is 0 Å². The van der Waals surface area contributed by atoms with Crippen LogP contribution < -0.4 is 29.6 Å². The molecule has 0 aromatic carbocycles. The molecule has 2 rings (SSSR count). The quantitative estimate of drug-likeness (QED) is 0.255. The molecule has 0 aliphatic carbocycles. The van der Waals surface area contributed by atoms with Crippen molar-refractivity contribution in [1.82, 2.24) is 10.6 Å². The van der Waals surface area contributed by atoms with Gasteiger partial charge in [-0.25, -0.2) is 4.79 Å². The Bertz CT molecular complexity index is 376. The van der Waals surface area contributed by atoms with E-state index in [9.17, 15) is 19.2 Å². The third-order valence-corrected chi connectivity index (χ3v) is 2.63. The molecular weight excluding hydrogens is 877 g/mol. The second-order valence-corrected chi connectivity index (χ2v) is 20.4. The number of carbonyl (C=O) groups excluding carboxylic acids is 3. The molecule has 8 nitrogen and oxygen atoms in total. The SMILES string of the molecule is II.I[I-]I.NC(=O)[C@@H]1CCC(=O)N1.O=C1CC[C@@H](C(=O)O)N1. The van der Waals surface area contributed by atoms with E-state index in [1.807, 2.05) is 0 Å². The second kappa shape index (κ2) is 17.0. The van der Waals surface area contributed by atoms with Crippen LogP contribution in [0.15, 0.2) is 0 Å². The van der Waals surface area contributed by atoms with Crippen molar-refractivity contribution < 1.29 is 37.5 Å². The van der Waals surface area contributed by atoms with E-state index in [0.29, 0.717) is 38.9 Å². The Kier molecular flexibility index (Phi) is 19.7. The first-order chi connectivity index (χ1) is 10.8. The van der Waals surface area contributed by atoms with Gasteiger partial charge in [0.2, 0.25) is 17.7 Å². The summed E-state index contributed by atoms with van der Waals surface area (Å²) in [5.74, 6) is -1.64. The Balaban J connectivity index is 0. The van der Waals surface area contributed by atoms with Gasteiger partial charge in [-0.1, -0.05) is 0 Å². The van der Waals surface area contributed by atoms with Gasteiger partial charge in [0.15, 0.2) is 0 Å². The number of halogens is 5. The van der Waals surface area contributed by atoms with Crippen molar-refractivity contribution in [3.63, 3.8) is 0 Å². The molecule has 0 aromatic heterocycles. The van der Waals surface area contributed by atoms with Crippen LogP contribution in [0.2, 0.25) is 0 Å². The van der Waals surface area contributed by atoms with Crippen LogP contribution in [0.3, 0.4) is 0 Å².